The third kappa shape index (κ3) is 9.44. The van der Waals surface area contributed by atoms with Gasteiger partial charge in [0.1, 0.15) is 18.9 Å². The highest BCUT2D eigenvalue weighted by Crippen LogP contribution is 2.28. The minimum atomic E-state index is -1.07. The van der Waals surface area contributed by atoms with Crippen LogP contribution in [0.4, 0.5) is 15.3 Å². The van der Waals surface area contributed by atoms with Gasteiger partial charge in [-0.3, -0.25) is 9.59 Å². The molecule has 0 spiro atoms. The van der Waals surface area contributed by atoms with E-state index < -0.39 is 30.2 Å². The summed E-state index contributed by atoms with van der Waals surface area (Å²) in [5, 5.41) is 15.4. The number of rotatable bonds is 11. The topological polar surface area (TPSA) is 145 Å². The molecule has 4 rings (SSSR count). The Morgan fingerprint density at radius 2 is 1.80 bits per heavy atom. The number of hydrogen-bond donors (Lipinski definition) is 3. The molecule has 0 radical (unpaired) electrons. The van der Waals surface area contributed by atoms with Gasteiger partial charge in [0.05, 0.1) is 12.6 Å². The molecule has 2 unspecified atom stereocenters. The predicted octanol–water partition coefficient (Wildman–Crippen LogP) is 4.90. The van der Waals surface area contributed by atoms with E-state index in [2.05, 4.69) is 10.6 Å². The van der Waals surface area contributed by atoms with E-state index in [4.69, 9.17) is 16.3 Å². The van der Waals surface area contributed by atoms with Crippen LogP contribution >= 0.6 is 11.6 Å². The molecule has 2 aromatic carbocycles. The van der Waals surface area contributed by atoms with Crippen molar-refractivity contribution < 1.29 is 33.8 Å². The molecule has 0 saturated heterocycles. The number of carbonyl (C=O) groups excluding carboxylic acids is 4. The van der Waals surface area contributed by atoms with E-state index in [-0.39, 0.29) is 50.9 Å². The fraction of sp³-hybridized carbons (Fsp3) is 0.469. The first kappa shape index (κ1) is 32.8. The molecule has 236 valence electrons. The van der Waals surface area contributed by atoms with Crippen LogP contribution in [0.15, 0.2) is 48.5 Å². The van der Waals surface area contributed by atoms with Crippen LogP contribution in [0.2, 0.25) is 5.02 Å². The molecule has 2 aromatic rings. The number of hydrogen-bond acceptors (Lipinski definition) is 6. The van der Waals surface area contributed by atoms with Gasteiger partial charge in [-0.25, -0.2) is 9.59 Å². The van der Waals surface area contributed by atoms with Gasteiger partial charge in [-0.1, -0.05) is 74.0 Å². The van der Waals surface area contributed by atoms with Crippen molar-refractivity contribution >= 4 is 47.6 Å². The quantitative estimate of drug-likeness (QED) is 0.301. The number of carboxylic acid groups (broad SMARTS) is 1. The van der Waals surface area contributed by atoms with E-state index in [0.717, 1.165) is 32.1 Å². The Morgan fingerprint density at radius 1 is 1.02 bits per heavy atom. The van der Waals surface area contributed by atoms with Crippen molar-refractivity contribution in [2.45, 2.75) is 76.6 Å². The third-order valence-corrected chi connectivity index (χ3v) is 8.37. The summed E-state index contributed by atoms with van der Waals surface area (Å²) in [4.78, 5) is 65.8. The molecule has 11 nitrogen and oxygen atoms in total. The second kappa shape index (κ2) is 16.1. The van der Waals surface area contributed by atoms with Crippen LogP contribution in [0, 0.1) is 5.92 Å². The fourth-order valence-corrected chi connectivity index (χ4v) is 5.99. The van der Waals surface area contributed by atoms with E-state index in [1.165, 1.54) is 9.80 Å². The molecule has 12 heteroatoms. The summed E-state index contributed by atoms with van der Waals surface area (Å²) >= 11 is 6.01. The van der Waals surface area contributed by atoms with Gasteiger partial charge >= 0.3 is 12.2 Å². The number of fused-ring (bicyclic) bond motifs is 1. The van der Waals surface area contributed by atoms with Gasteiger partial charge in [-0.15, -0.1) is 0 Å². The fourth-order valence-electron chi connectivity index (χ4n) is 5.77. The molecule has 3 N–H and O–H groups in total. The van der Waals surface area contributed by atoms with Crippen LogP contribution in [-0.2, 0) is 32.3 Å². The maximum absolute atomic E-state index is 13.4. The third-order valence-electron chi connectivity index (χ3n) is 8.13. The van der Waals surface area contributed by atoms with E-state index in [0.29, 0.717) is 34.5 Å². The van der Waals surface area contributed by atoms with E-state index in [1.807, 2.05) is 0 Å². The Labute approximate surface area is 261 Å². The average Bonchev–Trinajstić information content (AvgIpc) is 3.22. The van der Waals surface area contributed by atoms with E-state index in [9.17, 15) is 29.1 Å². The van der Waals surface area contributed by atoms with Crippen LogP contribution in [0.5, 0.6) is 0 Å². The molecular weight excluding hydrogens is 588 g/mol. The van der Waals surface area contributed by atoms with Crippen LogP contribution in [0.25, 0.3) is 0 Å². The van der Waals surface area contributed by atoms with Crippen molar-refractivity contribution in [1.29, 1.82) is 0 Å². The largest absolute Gasteiger partial charge is 0.465 e. The number of amides is 4. The first-order valence-electron chi connectivity index (χ1n) is 15.0. The Morgan fingerprint density at radius 3 is 2.52 bits per heavy atom. The maximum atomic E-state index is 13.4. The van der Waals surface area contributed by atoms with Crippen molar-refractivity contribution in [3.8, 4) is 0 Å². The molecule has 1 fully saturated rings. The number of carbonyl (C=O) groups is 5. The first-order chi connectivity index (χ1) is 21.2. The second-order valence-corrected chi connectivity index (χ2v) is 11.7. The van der Waals surface area contributed by atoms with Crippen molar-refractivity contribution in [2.75, 3.05) is 18.0 Å². The Kier molecular flexibility index (Phi) is 12.0. The highest BCUT2D eigenvalue weighted by Gasteiger charge is 2.30. The molecule has 1 saturated carbocycles. The molecule has 1 aliphatic carbocycles. The Bertz CT molecular complexity index is 1330. The van der Waals surface area contributed by atoms with Crippen LogP contribution in [-0.4, -0.2) is 65.5 Å². The van der Waals surface area contributed by atoms with Gasteiger partial charge in [0.15, 0.2) is 0 Å². The molecule has 0 aromatic heterocycles. The molecule has 2 atom stereocenters. The van der Waals surface area contributed by atoms with E-state index in [1.54, 1.807) is 48.5 Å². The van der Waals surface area contributed by atoms with Crippen LogP contribution < -0.4 is 15.5 Å². The van der Waals surface area contributed by atoms with Gasteiger partial charge in [-0.05, 0) is 48.1 Å². The average molecular weight is 627 g/mol. The number of aldehydes is 1. The maximum Gasteiger partial charge on any atom is 0.408 e. The highest BCUT2D eigenvalue weighted by atomic mass is 35.5. The lowest BCUT2D eigenvalue weighted by molar-refractivity contribution is -0.126. The summed E-state index contributed by atoms with van der Waals surface area (Å²) in [5.41, 5.74) is 2.04. The van der Waals surface area contributed by atoms with Crippen LogP contribution in [0.3, 0.4) is 0 Å². The molecule has 4 amide bonds. The number of alkyl carbamates (subject to hydrolysis) is 1. The number of ether oxygens (including phenoxy) is 1. The van der Waals surface area contributed by atoms with Crippen molar-refractivity contribution in [3.63, 3.8) is 0 Å². The number of anilines is 1. The minimum Gasteiger partial charge on any atom is -0.465 e. The van der Waals surface area contributed by atoms with Crippen molar-refractivity contribution in [1.82, 2.24) is 15.5 Å². The summed E-state index contributed by atoms with van der Waals surface area (Å²) in [5.74, 6) is -0.554. The van der Waals surface area contributed by atoms with Crippen LogP contribution in [0.1, 0.15) is 62.5 Å². The Hall–Kier alpha value is -4.12. The summed E-state index contributed by atoms with van der Waals surface area (Å²) in [6.07, 6.45) is 4.32. The number of nitrogens with one attached hydrogen (secondary N) is 2. The number of halogens is 1. The number of benzene rings is 2. The molecule has 1 aliphatic heterocycles. The van der Waals surface area contributed by atoms with Gasteiger partial charge < -0.3 is 35.1 Å². The second-order valence-electron chi connectivity index (χ2n) is 11.3. The monoisotopic (exact) mass is 626 g/mol. The summed E-state index contributed by atoms with van der Waals surface area (Å²) in [7, 11) is 0. The smallest absolute Gasteiger partial charge is 0.408 e. The van der Waals surface area contributed by atoms with Gasteiger partial charge in [0.2, 0.25) is 11.8 Å². The highest BCUT2D eigenvalue weighted by molar-refractivity contribution is 6.30. The zero-order valence-corrected chi connectivity index (χ0v) is 25.3. The lowest BCUT2D eigenvalue weighted by Gasteiger charge is -2.27. The molecule has 0 bridgehead atoms. The lowest BCUT2D eigenvalue weighted by atomic mass is 9.84. The van der Waals surface area contributed by atoms with Crippen molar-refractivity contribution in [2.24, 2.45) is 5.92 Å². The predicted molar refractivity (Wildman–Crippen MR) is 164 cm³/mol. The molecule has 2 aliphatic rings. The van der Waals surface area contributed by atoms with Gasteiger partial charge in [0, 0.05) is 30.2 Å². The summed E-state index contributed by atoms with van der Waals surface area (Å²) in [6.45, 7) is 0.461. The lowest BCUT2D eigenvalue weighted by Crippen LogP contribution is -2.51. The van der Waals surface area contributed by atoms with Crippen molar-refractivity contribution in [3.05, 3.63) is 64.7 Å². The van der Waals surface area contributed by atoms with Gasteiger partial charge in [-0.2, -0.15) is 0 Å². The minimum absolute atomic E-state index is 0.0207. The molecular formula is C32H39ClN4O7. The zero-order valence-electron chi connectivity index (χ0n) is 24.6. The number of nitrogens with zero attached hydrogens (tertiary/aromatic N) is 2. The molecule has 44 heavy (non-hydrogen) atoms. The van der Waals surface area contributed by atoms with E-state index >= 15 is 0 Å². The summed E-state index contributed by atoms with van der Waals surface area (Å²) < 4.78 is 5.34. The standard InChI is InChI=1S/C32H39ClN4O7/c33-25-11-6-9-23(17-25)21-44-31(41)35-27(18-22-7-2-1-3-8-22)30(40)34-26(20-38)13-14-29(39)37-16-15-36(32(42)43)19-24-10-4-5-12-28(24)37/h4-6,9-12,17,20,22,26-27H,1-3,7-8,13-16,18-19,21H2,(H,34,40)(H,35,41)(H,42,43). The molecule has 1 heterocycles. The summed E-state index contributed by atoms with van der Waals surface area (Å²) in [6, 6.07) is 12.2. The Balaban J connectivity index is 1.36. The normalized spacial score (nSPS) is 16.6. The SMILES string of the molecule is O=CC(CCC(=O)N1CCN(C(=O)O)Cc2ccccc21)NC(=O)C(CC1CCCCC1)NC(=O)OCc1cccc(Cl)c1. The first-order valence-corrected chi connectivity index (χ1v) is 15.4. The zero-order chi connectivity index (χ0) is 31.5. The number of para-hydroxylation sites is 1. The van der Waals surface area contributed by atoms with Gasteiger partial charge in [0.25, 0.3) is 0 Å².